The second-order valence-electron chi connectivity index (χ2n) is 6.11. The summed E-state index contributed by atoms with van der Waals surface area (Å²) in [5.41, 5.74) is 0.336. The Labute approximate surface area is 155 Å². The van der Waals surface area contributed by atoms with E-state index < -0.39 is 30.3 Å². The summed E-state index contributed by atoms with van der Waals surface area (Å²) in [5, 5.41) is 2.49. The third kappa shape index (κ3) is 4.52. The van der Waals surface area contributed by atoms with E-state index in [2.05, 4.69) is 5.32 Å². The lowest BCUT2D eigenvalue weighted by Gasteiger charge is -2.22. The fraction of sp³-hybridized carbons (Fsp3) is 0.316. The molecule has 0 unspecified atom stereocenters. The van der Waals surface area contributed by atoms with Crippen LogP contribution in [-0.4, -0.2) is 41.9 Å². The van der Waals surface area contributed by atoms with Crippen molar-refractivity contribution in [3.63, 3.8) is 0 Å². The summed E-state index contributed by atoms with van der Waals surface area (Å²) < 4.78 is 23.6. The molecule has 0 spiro atoms. The number of carbonyl (C=O) groups is 3. The summed E-state index contributed by atoms with van der Waals surface area (Å²) in [4.78, 5) is 37.9. The van der Waals surface area contributed by atoms with Gasteiger partial charge in [-0.1, -0.05) is 18.2 Å². The number of nitrogens with one attached hydrogen (secondary N) is 1. The smallest absolute Gasteiger partial charge is 0.329 e. The van der Waals surface area contributed by atoms with Gasteiger partial charge in [0, 0.05) is 18.7 Å². The molecule has 1 fully saturated rings. The van der Waals surface area contributed by atoms with E-state index in [4.69, 9.17) is 9.15 Å². The zero-order chi connectivity index (χ0) is 19.2. The van der Waals surface area contributed by atoms with Crippen molar-refractivity contribution in [2.75, 3.05) is 13.2 Å². The number of likely N-dealkylation sites (tertiary alicyclic amines) is 1. The Morgan fingerprint density at radius 1 is 1.22 bits per heavy atom. The molecule has 2 heterocycles. The van der Waals surface area contributed by atoms with Gasteiger partial charge >= 0.3 is 5.97 Å². The minimum Gasteiger partial charge on any atom is -0.459 e. The van der Waals surface area contributed by atoms with Crippen molar-refractivity contribution in [2.24, 2.45) is 0 Å². The summed E-state index contributed by atoms with van der Waals surface area (Å²) in [6, 6.07) is 8.44. The molecular formula is C19H19FN2O5. The van der Waals surface area contributed by atoms with Crippen LogP contribution in [0.3, 0.4) is 0 Å². The van der Waals surface area contributed by atoms with E-state index >= 15 is 0 Å². The molecule has 1 aliphatic heterocycles. The van der Waals surface area contributed by atoms with Crippen LogP contribution in [0, 0.1) is 5.82 Å². The van der Waals surface area contributed by atoms with E-state index in [0.29, 0.717) is 24.9 Å². The second kappa shape index (κ2) is 8.48. The van der Waals surface area contributed by atoms with Crippen molar-refractivity contribution in [1.29, 1.82) is 0 Å². The molecular weight excluding hydrogens is 355 g/mol. The van der Waals surface area contributed by atoms with Gasteiger partial charge in [-0.05, 0) is 31.0 Å². The molecule has 3 rings (SSSR count). The van der Waals surface area contributed by atoms with Gasteiger partial charge in [0.2, 0.25) is 0 Å². The monoisotopic (exact) mass is 374 g/mol. The summed E-state index contributed by atoms with van der Waals surface area (Å²) in [5.74, 6) is -1.85. The number of benzene rings is 1. The molecule has 8 heteroatoms. The maximum absolute atomic E-state index is 13.5. The lowest BCUT2D eigenvalue weighted by molar-refractivity contribution is -0.152. The molecule has 1 aromatic heterocycles. The summed E-state index contributed by atoms with van der Waals surface area (Å²) in [6.45, 7) is -0.0824. The number of ether oxygens (including phenoxy) is 1. The Balaban J connectivity index is 1.49. The zero-order valence-corrected chi connectivity index (χ0v) is 14.5. The average Bonchev–Trinajstić information content (AvgIpc) is 3.36. The van der Waals surface area contributed by atoms with Crippen LogP contribution in [0.25, 0.3) is 0 Å². The predicted octanol–water partition coefficient (Wildman–Crippen LogP) is 1.88. The van der Waals surface area contributed by atoms with E-state index in [1.165, 1.54) is 23.3 Å². The Morgan fingerprint density at radius 2 is 2.04 bits per heavy atom. The first-order chi connectivity index (χ1) is 13.1. The van der Waals surface area contributed by atoms with E-state index in [-0.39, 0.29) is 18.2 Å². The van der Waals surface area contributed by atoms with Crippen molar-refractivity contribution in [3.8, 4) is 0 Å². The van der Waals surface area contributed by atoms with Gasteiger partial charge < -0.3 is 19.4 Å². The van der Waals surface area contributed by atoms with Crippen molar-refractivity contribution >= 4 is 17.8 Å². The minimum atomic E-state index is -0.748. The lowest BCUT2D eigenvalue weighted by Crippen LogP contribution is -2.42. The van der Waals surface area contributed by atoms with Crippen LogP contribution in [0.5, 0.6) is 0 Å². The summed E-state index contributed by atoms with van der Waals surface area (Å²) >= 11 is 0. The molecule has 1 aliphatic rings. The molecule has 2 aromatic rings. The highest BCUT2D eigenvalue weighted by Gasteiger charge is 2.36. The topological polar surface area (TPSA) is 88.9 Å². The van der Waals surface area contributed by atoms with Crippen molar-refractivity contribution in [3.05, 3.63) is 59.8 Å². The third-order valence-electron chi connectivity index (χ3n) is 4.30. The van der Waals surface area contributed by atoms with Crippen molar-refractivity contribution < 1.29 is 27.9 Å². The number of esters is 1. The van der Waals surface area contributed by atoms with Gasteiger partial charge in [0.05, 0.1) is 6.26 Å². The highest BCUT2D eigenvalue weighted by Crippen LogP contribution is 2.21. The van der Waals surface area contributed by atoms with Gasteiger partial charge in [0.25, 0.3) is 11.8 Å². The highest BCUT2D eigenvalue weighted by molar-refractivity contribution is 5.95. The molecule has 1 saturated heterocycles. The van der Waals surface area contributed by atoms with E-state index in [1.54, 1.807) is 24.3 Å². The zero-order valence-electron chi connectivity index (χ0n) is 14.5. The summed E-state index contributed by atoms with van der Waals surface area (Å²) in [6.07, 6.45) is 2.50. The van der Waals surface area contributed by atoms with E-state index in [0.717, 1.165) is 0 Å². The molecule has 0 saturated carbocycles. The molecule has 0 bridgehead atoms. The number of hydrogen-bond donors (Lipinski definition) is 1. The van der Waals surface area contributed by atoms with Gasteiger partial charge in [0.15, 0.2) is 12.4 Å². The van der Waals surface area contributed by atoms with Crippen LogP contribution >= 0.6 is 0 Å². The second-order valence-corrected chi connectivity index (χ2v) is 6.11. The van der Waals surface area contributed by atoms with Crippen LogP contribution in [0.4, 0.5) is 4.39 Å². The molecule has 0 radical (unpaired) electrons. The van der Waals surface area contributed by atoms with Gasteiger partial charge in [-0.15, -0.1) is 0 Å². The Kier molecular flexibility index (Phi) is 5.85. The number of nitrogens with zero attached hydrogens (tertiary/aromatic N) is 1. The van der Waals surface area contributed by atoms with Crippen molar-refractivity contribution in [1.82, 2.24) is 10.2 Å². The number of amides is 2. The van der Waals surface area contributed by atoms with Gasteiger partial charge in [-0.25, -0.2) is 9.18 Å². The van der Waals surface area contributed by atoms with Crippen LogP contribution < -0.4 is 5.32 Å². The van der Waals surface area contributed by atoms with Crippen LogP contribution in [0.2, 0.25) is 0 Å². The molecule has 1 atom stereocenters. The molecule has 7 nitrogen and oxygen atoms in total. The first-order valence-electron chi connectivity index (χ1n) is 8.57. The van der Waals surface area contributed by atoms with Gasteiger partial charge in [-0.3, -0.25) is 9.59 Å². The Bertz CT molecular complexity index is 821. The summed E-state index contributed by atoms with van der Waals surface area (Å²) in [7, 11) is 0. The number of carbonyl (C=O) groups excluding carboxylic acids is 3. The molecule has 142 valence electrons. The normalized spacial score (nSPS) is 16.2. The van der Waals surface area contributed by atoms with Gasteiger partial charge in [-0.2, -0.15) is 0 Å². The lowest BCUT2D eigenvalue weighted by atomic mass is 10.2. The molecule has 1 N–H and O–H groups in total. The highest BCUT2D eigenvalue weighted by atomic mass is 19.1. The van der Waals surface area contributed by atoms with E-state index in [1.807, 2.05) is 0 Å². The Morgan fingerprint density at radius 3 is 2.78 bits per heavy atom. The van der Waals surface area contributed by atoms with E-state index in [9.17, 15) is 18.8 Å². The quantitative estimate of drug-likeness (QED) is 0.780. The standard InChI is InChI=1S/C19H19FN2O5/c20-14-6-2-1-5-13(14)11-21-17(23)12-27-19(25)15-7-3-9-22(15)18(24)16-8-4-10-26-16/h1-2,4-6,8,10,15H,3,7,9,11-12H2,(H,21,23)/t15-/m0/s1. The number of hydrogen-bond acceptors (Lipinski definition) is 5. The van der Waals surface area contributed by atoms with Crippen molar-refractivity contribution in [2.45, 2.75) is 25.4 Å². The first kappa shape index (κ1) is 18.6. The number of furan rings is 1. The SMILES string of the molecule is O=C(COC(=O)[C@@H]1CCCN1C(=O)c1ccco1)NCc1ccccc1F. The first-order valence-corrected chi connectivity index (χ1v) is 8.57. The predicted molar refractivity (Wildman–Crippen MR) is 92.0 cm³/mol. The molecule has 0 aliphatic carbocycles. The number of rotatable bonds is 6. The van der Waals surface area contributed by atoms with Crippen LogP contribution in [0.1, 0.15) is 29.0 Å². The number of halogens is 1. The fourth-order valence-electron chi connectivity index (χ4n) is 2.92. The average molecular weight is 374 g/mol. The van der Waals surface area contributed by atoms with Gasteiger partial charge in [0.1, 0.15) is 11.9 Å². The molecule has 1 aromatic carbocycles. The van der Waals surface area contributed by atoms with Crippen LogP contribution in [0.15, 0.2) is 47.1 Å². The maximum Gasteiger partial charge on any atom is 0.329 e. The minimum absolute atomic E-state index is 0.00437. The molecule has 27 heavy (non-hydrogen) atoms. The Hall–Kier alpha value is -3.16. The maximum atomic E-state index is 13.5. The fourth-order valence-corrected chi connectivity index (χ4v) is 2.92. The van der Waals surface area contributed by atoms with Crippen LogP contribution in [-0.2, 0) is 20.9 Å². The molecule has 2 amide bonds. The largest absolute Gasteiger partial charge is 0.459 e. The third-order valence-corrected chi connectivity index (χ3v) is 4.30.